The van der Waals surface area contributed by atoms with E-state index in [0.717, 1.165) is 0 Å². The van der Waals surface area contributed by atoms with Crippen LogP contribution in [0.5, 0.6) is 5.75 Å². The minimum absolute atomic E-state index is 0.0384. The van der Waals surface area contributed by atoms with Crippen molar-refractivity contribution in [2.75, 3.05) is 13.2 Å². The van der Waals surface area contributed by atoms with Gasteiger partial charge in [0, 0.05) is 19.4 Å². The molecule has 61 heavy (non-hydrogen) atoms. The van der Waals surface area contributed by atoms with Crippen LogP contribution in [0.25, 0.3) is 0 Å². The molecule has 342 valence electrons. The summed E-state index contributed by atoms with van der Waals surface area (Å²) in [5.74, 6) is -3.23. The number of hydrazine groups is 1. The molecule has 3 heterocycles. The van der Waals surface area contributed by atoms with Crippen molar-refractivity contribution in [1.29, 1.82) is 0 Å². The van der Waals surface area contributed by atoms with Gasteiger partial charge in [-0.05, 0) is 34.6 Å². The van der Waals surface area contributed by atoms with Gasteiger partial charge in [0.2, 0.25) is 0 Å². The van der Waals surface area contributed by atoms with Gasteiger partial charge in [-0.15, -0.1) is 0 Å². The first kappa shape index (κ1) is 51.4. The summed E-state index contributed by atoms with van der Waals surface area (Å²) in [4.78, 5) is 55.8. The number of nitrogens with one attached hydrogen (secondary N) is 3. The molecular formula is C47H75IN4O8Sn. The number of nitrogens with zero attached hydrogens (tertiary/aromatic N) is 1. The molecule has 0 unspecified atom stereocenters. The number of rotatable bonds is 23. The molecule has 3 saturated heterocycles. The quantitative estimate of drug-likeness (QED) is 0.0366. The second kappa shape index (κ2) is 25.3. The Hall–Kier alpha value is -2.21. The molecule has 4 N–H and O–H groups in total. The molecular weight excluding hydrogens is 994 g/mol. The van der Waals surface area contributed by atoms with Crippen LogP contribution in [0.2, 0.25) is 13.3 Å². The number of phenols is 1. The van der Waals surface area contributed by atoms with Gasteiger partial charge in [-0.2, -0.15) is 0 Å². The van der Waals surface area contributed by atoms with Crippen molar-refractivity contribution in [2.24, 2.45) is 17.8 Å². The molecule has 0 aromatic heterocycles. The van der Waals surface area contributed by atoms with Gasteiger partial charge < -0.3 is 9.84 Å². The van der Waals surface area contributed by atoms with E-state index in [0.29, 0.717) is 44.2 Å². The number of phenolic OH excluding ortho intramolecular Hbond substituents is 1. The van der Waals surface area contributed by atoms with E-state index >= 15 is 0 Å². The van der Waals surface area contributed by atoms with E-state index in [4.69, 9.17) is 14.2 Å². The number of amides is 3. The van der Waals surface area contributed by atoms with E-state index in [1.807, 2.05) is 30.9 Å². The number of halogens is 1. The summed E-state index contributed by atoms with van der Waals surface area (Å²) in [7, 11) is 0. The van der Waals surface area contributed by atoms with Gasteiger partial charge in [0.25, 0.3) is 5.91 Å². The Bertz CT molecular complexity index is 1620. The SMILES string of the molecule is CCC[CH2][Sn](/[CH]=C/[C@@H]1O[C@]2(C)CC[C@@H](C(=O)N[C@H](C(=O)N[C@@H](Cc3cccc(O)c3)C(=O)N3CCC[C@@H](C(=O)OCC/C=C/I)N3)C(C)C)[C@@H](O2)[C@H]1C)([CH2]CCC)[CH2]CCC. The van der Waals surface area contributed by atoms with Crippen molar-refractivity contribution in [2.45, 2.75) is 175 Å². The number of aromatic hydroxyl groups is 1. The number of fused-ring (bicyclic) bond motifs is 2. The number of unbranched alkanes of at least 4 members (excludes halogenated alkanes) is 3. The van der Waals surface area contributed by atoms with Gasteiger partial charge in [0.15, 0.2) is 0 Å². The standard InChI is InChI=1S/C35H48IN4O8.3C4H9.Sn/c1-6-28-22(4)30-25(14-15-35(5,47-28)48-30)31(42)38-29(21(2)3)32(43)37-27(20-23-11-9-12-24(41)19-23)33(44)40-17-10-13-26(39-40)34(45)46-18-8-7-16-36;3*1-3-4-2;/h1,6-7,9,11-12,16,19,21-22,25-30,39,41H,8,10,13-15,17-18,20H2,2-5H3,(H,37,43)(H,38,42);3*1,3-4H2,2H3;/b6-1?,16-7+;;;;/t22-,25+,26-,27-,28-,29-,30-,35-;;;;/m0..../s1. The van der Waals surface area contributed by atoms with Crippen molar-refractivity contribution < 1.29 is 38.5 Å². The van der Waals surface area contributed by atoms with Crippen LogP contribution in [-0.4, -0.2) is 101 Å². The zero-order valence-electron chi connectivity index (χ0n) is 37.9. The Morgan fingerprint density at radius 1 is 1.05 bits per heavy atom. The fourth-order valence-corrected chi connectivity index (χ4v) is 23.7. The third-order valence-corrected chi connectivity index (χ3v) is 27.4. The first-order valence-corrected chi connectivity index (χ1v) is 32.1. The molecule has 1 aromatic rings. The summed E-state index contributed by atoms with van der Waals surface area (Å²) in [6.07, 6.45) is 14.0. The van der Waals surface area contributed by atoms with E-state index in [1.54, 1.807) is 24.3 Å². The van der Waals surface area contributed by atoms with Crippen molar-refractivity contribution in [3.05, 3.63) is 50.2 Å². The number of hydrogen-bond acceptors (Lipinski definition) is 9. The predicted octanol–water partition coefficient (Wildman–Crippen LogP) is 8.43. The van der Waals surface area contributed by atoms with Crippen LogP contribution < -0.4 is 16.1 Å². The molecule has 3 aliphatic rings. The molecule has 0 aliphatic carbocycles. The van der Waals surface area contributed by atoms with Gasteiger partial charge in [-0.1, -0.05) is 40.8 Å². The molecule has 4 rings (SSSR count). The Kier molecular flexibility index (Phi) is 21.3. The third-order valence-electron chi connectivity index (χ3n) is 12.7. The average molecular weight is 1070 g/mol. The summed E-state index contributed by atoms with van der Waals surface area (Å²) < 4.78 is 27.4. The Labute approximate surface area is 383 Å². The number of esters is 1. The van der Waals surface area contributed by atoms with Crippen molar-refractivity contribution in [1.82, 2.24) is 21.1 Å². The van der Waals surface area contributed by atoms with Crippen LogP contribution >= 0.6 is 22.6 Å². The van der Waals surface area contributed by atoms with Crippen LogP contribution in [0.1, 0.15) is 125 Å². The molecule has 12 nitrogen and oxygen atoms in total. The second-order valence-electron chi connectivity index (χ2n) is 18.1. The summed E-state index contributed by atoms with van der Waals surface area (Å²) in [5.41, 5.74) is 3.68. The molecule has 8 atom stereocenters. The average Bonchev–Trinajstić information content (AvgIpc) is 3.24. The number of hydrogen-bond donors (Lipinski definition) is 4. The zero-order chi connectivity index (χ0) is 44.6. The van der Waals surface area contributed by atoms with Gasteiger partial charge in [-0.25, -0.2) is 5.43 Å². The Morgan fingerprint density at radius 3 is 2.36 bits per heavy atom. The van der Waals surface area contributed by atoms with Crippen LogP contribution in [0.3, 0.4) is 0 Å². The van der Waals surface area contributed by atoms with E-state index in [-0.39, 0.29) is 42.6 Å². The van der Waals surface area contributed by atoms with E-state index < -0.39 is 72.1 Å². The molecule has 3 aliphatic heterocycles. The van der Waals surface area contributed by atoms with Crippen LogP contribution in [0.4, 0.5) is 0 Å². The van der Waals surface area contributed by atoms with Crippen LogP contribution in [-0.2, 0) is 39.8 Å². The van der Waals surface area contributed by atoms with E-state index in [2.05, 4.69) is 76.5 Å². The molecule has 0 saturated carbocycles. The molecule has 3 fully saturated rings. The fraction of sp³-hybridized carbons (Fsp3) is 0.702. The van der Waals surface area contributed by atoms with Gasteiger partial charge in [0.05, 0.1) is 6.61 Å². The molecule has 1 aromatic carbocycles. The Morgan fingerprint density at radius 2 is 1.74 bits per heavy atom. The second-order valence-corrected chi connectivity index (χ2v) is 31.9. The van der Waals surface area contributed by atoms with Gasteiger partial charge in [-0.3, -0.25) is 14.6 Å². The summed E-state index contributed by atoms with van der Waals surface area (Å²) in [6, 6.07) is 3.85. The molecule has 0 spiro atoms. The van der Waals surface area contributed by atoms with Crippen molar-refractivity contribution >= 4 is 64.7 Å². The summed E-state index contributed by atoms with van der Waals surface area (Å²) in [5, 5.41) is 17.7. The monoisotopic (exact) mass is 1070 g/mol. The maximum absolute atomic E-state index is 14.4. The number of carbonyl (C=O) groups excluding carboxylic acids is 4. The number of ether oxygens (including phenoxy) is 3. The first-order chi connectivity index (χ1) is 29.2. The summed E-state index contributed by atoms with van der Waals surface area (Å²) >= 11 is -0.502. The van der Waals surface area contributed by atoms with E-state index in [1.165, 1.54) is 56.8 Å². The minimum atomic E-state index is -2.61. The molecule has 14 heteroatoms. The molecule has 3 amide bonds. The Balaban J connectivity index is 1.51. The fourth-order valence-electron chi connectivity index (χ4n) is 9.03. The third kappa shape index (κ3) is 15.2. The van der Waals surface area contributed by atoms with Gasteiger partial charge >= 0.3 is 237 Å². The van der Waals surface area contributed by atoms with Gasteiger partial charge in [0.1, 0.15) is 11.8 Å². The van der Waals surface area contributed by atoms with E-state index in [9.17, 15) is 24.3 Å². The normalized spacial score (nSPS) is 25.4. The van der Waals surface area contributed by atoms with Crippen molar-refractivity contribution in [3.8, 4) is 5.75 Å². The maximum atomic E-state index is 14.4. The topological polar surface area (TPSA) is 156 Å². The van der Waals surface area contributed by atoms with Crippen LogP contribution in [0.15, 0.2) is 44.6 Å². The molecule has 0 radical (unpaired) electrons. The predicted molar refractivity (Wildman–Crippen MR) is 251 cm³/mol. The van der Waals surface area contributed by atoms with Crippen LogP contribution in [0, 0.1) is 17.8 Å². The molecule has 2 bridgehead atoms. The first-order valence-electron chi connectivity index (χ1n) is 23.1. The van der Waals surface area contributed by atoms with Crippen molar-refractivity contribution in [3.63, 3.8) is 0 Å². The summed E-state index contributed by atoms with van der Waals surface area (Å²) in [6.45, 7) is 15.3. The zero-order valence-corrected chi connectivity index (χ0v) is 42.9. The number of benzene rings is 1. The number of carbonyl (C=O) groups is 4.